The van der Waals surface area contributed by atoms with E-state index in [4.69, 9.17) is 5.73 Å². The molecule has 0 heterocycles. The van der Waals surface area contributed by atoms with Crippen molar-refractivity contribution in [3.8, 4) is 5.75 Å². The first kappa shape index (κ1) is 22.4. The van der Waals surface area contributed by atoms with Crippen molar-refractivity contribution >= 4 is 23.0 Å². The molecule has 0 bridgehead atoms. The van der Waals surface area contributed by atoms with Gasteiger partial charge in [0.25, 0.3) is 0 Å². The van der Waals surface area contributed by atoms with Gasteiger partial charge in [-0.15, -0.1) is 13.2 Å². The molecule has 29 heavy (non-hydrogen) atoms. The molecule has 0 spiro atoms. The Labute approximate surface area is 168 Å². The van der Waals surface area contributed by atoms with Gasteiger partial charge in [-0.2, -0.15) is 0 Å². The van der Waals surface area contributed by atoms with E-state index in [1.165, 1.54) is 12.1 Å². The normalized spacial score (nSPS) is 11.2. The van der Waals surface area contributed by atoms with Crippen molar-refractivity contribution in [2.24, 2.45) is 0 Å². The Hall–Kier alpha value is -2.90. The fourth-order valence-electron chi connectivity index (χ4n) is 2.72. The minimum absolute atomic E-state index is 0.0605. The molecule has 0 saturated heterocycles. The average Bonchev–Trinajstić information content (AvgIpc) is 2.65. The van der Waals surface area contributed by atoms with Gasteiger partial charge in [-0.05, 0) is 42.3 Å². The average molecular weight is 409 g/mol. The zero-order valence-corrected chi connectivity index (χ0v) is 16.3. The molecule has 2 rings (SSSR count). The largest absolute Gasteiger partial charge is 0.573 e. The summed E-state index contributed by atoms with van der Waals surface area (Å²) in [6.07, 6.45) is -0.114. The van der Waals surface area contributed by atoms with Gasteiger partial charge in [-0.1, -0.05) is 38.3 Å². The predicted molar refractivity (Wildman–Crippen MR) is 109 cm³/mol. The molecular weight excluding hydrogens is 383 g/mol. The van der Waals surface area contributed by atoms with Gasteiger partial charge in [0, 0.05) is 18.7 Å². The molecule has 0 aromatic heterocycles. The summed E-state index contributed by atoms with van der Waals surface area (Å²) in [6, 6.07) is 10.8. The second-order valence-corrected chi connectivity index (χ2v) is 6.71. The topological polar surface area (TPSA) is 76.4 Å². The minimum Gasteiger partial charge on any atom is -0.406 e. The lowest BCUT2D eigenvalue weighted by Crippen LogP contribution is -2.17. The highest BCUT2D eigenvalue weighted by molar-refractivity contribution is 5.94. The van der Waals surface area contributed by atoms with Crippen LogP contribution in [0.25, 0.3) is 0 Å². The molecule has 1 amide bonds. The number of alkyl halides is 3. The highest BCUT2D eigenvalue weighted by atomic mass is 19.4. The number of rotatable bonds is 10. The van der Waals surface area contributed by atoms with Crippen LogP contribution in [-0.2, 0) is 11.3 Å². The maximum atomic E-state index is 12.2. The molecular formula is C21H26F3N3O2. The molecule has 158 valence electrons. The number of carbonyl (C=O) groups excluding carboxylic acids is 1. The van der Waals surface area contributed by atoms with E-state index in [9.17, 15) is 18.0 Å². The second kappa shape index (κ2) is 10.6. The molecule has 0 unspecified atom stereocenters. The summed E-state index contributed by atoms with van der Waals surface area (Å²) < 4.78 is 40.4. The smallest absolute Gasteiger partial charge is 0.406 e. The van der Waals surface area contributed by atoms with Crippen molar-refractivity contribution in [3.05, 3.63) is 48.0 Å². The lowest BCUT2D eigenvalue weighted by Gasteiger charge is -2.12. The van der Waals surface area contributed by atoms with Crippen molar-refractivity contribution < 1.29 is 22.7 Å². The van der Waals surface area contributed by atoms with E-state index in [1.807, 2.05) is 0 Å². The van der Waals surface area contributed by atoms with E-state index in [0.717, 1.165) is 36.9 Å². The molecule has 5 nitrogen and oxygen atoms in total. The highest BCUT2D eigenvalue weighted by Gasteiger charge is 2.30. The Morgan fingerprint density at radius 2 is 1.79 bits per heavy atom. The number of nitrogen functional groups attached to an aromatic ring is 1. The standard InChI is InChI=1S/C21H26F3N3O2/c1-2-3-4-5-6-20(28)27-19-12-9-16(13-18(19)25)26-14-15-7-10-17(11-8-15)29-21(22,23)24/h7-13,26H,2-6,14,25H2,1H3,(H,27,28). The van der Waals surface area contributed by atoms with Crippen molar-refractivity contribution in [1.29, 1.82) is 0 Å². The van der Waals surface area contributed by atoms with Crippen LogP contribution in [0.3, 0.4) is 0 Å². The summed E-state index contributed by atoms with van der Waals surface area (Å²) in [6.45, 7) is 2.52. The quantitative estimate of drug-likeness (QED) is 0.348. The molecule has 0 aliphatic heterocycles. The molecule has 4 N–H and O–H groups in total. The van der Waals surface area contributed by atoms with Crippen molar-refractivity contribution in [3.63, 3.8) is 0 Å². The van der Waals surface area contributed by atoms with E-state index in [1.54, 1.807) is 30.3 Å². The van der Waals surface area contributed by atoms with Crippen LogP contribution in [-0.4, -0.2) is 12.3 Å². The number of benzene rings is 2. The summed E-state index contributed by atoms with van der Waals surface area (Å²) in [5.74, 6) is -0.324. The number of nitrogens with one attached hydrogen (secondary N) is 2. The molecule has 0 radical (unpaired) electrons. The van der Waals surface area contributed by atoms with E-state index in [0.29, 0.717) is 24.3 Å². The Morgan fingerprint density at radius 1 is 1.07 bits per heavy atom. The molecule has 8 heteroatoms. The molecule has 0 saturated carbocycles. The van der Waals surface area contributed by atoms with Gasteiger partial charge in [0.05, 0.1) is 11.4 Å². The Kier molecular flexibility index (Phi) is 8.18. The summed E-state index contributed by atoms with van der Waals surface area (Å²) in [5, 5.41) is 5.96. The summed E-state index contributed by atoms with van der Waals surface area (Å²) in [4.78, 5) is 12.0. The Morgan fingerprint density at radius 3 is 2.41 bits per heavy atom. The van der Waals surface area contributed by atoms with Gasteiger partial charge < -0.3 is 21.1 Å². The van der Waals surface area contributed by atoms with Crippen molar-refractivity contribution in [1.82, 2.24) is 0 Å². The number of halogens is 3. The minimum atomic E-state index is -4.70. The van der Waals surface area contributed by atoms with Crippen LogP contribution in [0.4, 0.5) is 30.2 Å². The predicted octanol–water partition coefficient (Wildman–Crippen LogP) is 5.69. The van der Waals surface area contributed by atoms with E-state index < -0.39 is 6.36 Å². The van der Waals surface area contributed by atoms with E-state index in [-0.39, 0.29) is 11.7 Å². The number of anilines is 3. The number of nitrogens with two attached hydrogens (primary N) is 1. The number of hydrogen-bond donors (Lipinski definition) is 3. The third kappa shape index (κ3) is 8.33. The third-order valence-electron chi connectivity index (χ3n) is 4.24. The van der Waals surface area contributed by atoms with Crippen molar-refractivity contribution in [2.45, 2.75) is 51.9 Å². The maximum Gasteiger partial charge on any atom is 0.573 e. The second-order valence-electron chi connectivity index (χ2n) is 6.71. The van der Waals surface area contributed by atoms with Gasteiger partial charge >= 0.3 is 6.36 Å². The first-order chi connectivity index (χ1) is 13.8. The molecule has 0 aliphatic rings. The number of amides is 1. The fraction of sp³-hybridized carbons (Fsp3) is 0.381. The van der Waals surface area contributed by atoms with Gasteiger partial charge in [-0.3, -0.25) is 4.79 Å². The number of hydrogen-bond acceptors (Lipinski definition) is 4. The van der Waals surface area contributed by atoms with Crippen LogP contribution >= 0.6 is 0 Å². The number of carbonyl (C=O) groups is 1. The fourth-order valence-corrected chi connectivity index (χ4v) is 2.72. The monoisotopic (exact) mass is 409 g/mol. The first-order valence-corrected chi connectivity index (χ1v) is 9.55. The summed E-state index contributed by atoms with van der Waals surface area (Å²) in [7, 11) is 0. The van der Waals surface area contributed by atoms with Crippen LogP contribution in [0, 0.1) is 0 Å². The van der Waals surface area contributed by atoms with Crippen LogP contribution in [0.1, 0.15) is 44.6 Å². The summed E-state index contributed by atoms with van der Waals surface area (Å²) in [5.41, 5.74) is 8.53. The molecule has 2 aromatic carbocycles. The maximum absolute atomic E-state index is 12.2. The van der Waals surface area contributed by atoms with E-state index >= 15 is 0 Å². The zero-order chi connectivity index (χ0) is 21.3. The Balaban J connectivity index is 1.84. The number of unbranched alkanes of at least 4 members (excludes halogenated alkanes) is 3. The van der Waals surface area contributed by atoms with Gasteiger partial charge in [0.15, 0.2) is 0 Å². The molecule has 0 atom stereocenters. The van der Waals surface area contributed by atoms with Crippen LogP contribution in [0.5, 0.6) is 5.75 Å². The molecule has 0 aliphatic carbocycles. The Bertz CT molecular complexity index is 793. The van der Waals surface area contributed by atoms with E-state index in [2.05, 4.69) is 22.3 Å². The first-order valence-electron chi connectivity index (χ1n) is 9.55. The molecule has 2 aromatic rings. The van der Waals surface area contributed by atoms with Crippen LogP contribution < -0.4 is 21.1 Å². The number of ether oxygens (including phenoxy) is 1. The van der Waals surface area contributed by atoms with Crippen LogP contribution in [0.15, 0.2) is 42.5 Å². The van der Waals surface area contributed by atoms with Gasteiger partial charge in [-0.25, -0.2) is 0 Å². The van der Waals surface area contributed by atoms with Crippen LogP contribution in [0.2, 0.25) is 0 Å². The van der Waals surface area contributed by atoms with Crippen molar-refractivity contribution in [2.75, 3.05) is 16.4 Å². The summed E-state index contributed by atoms with van der Waals surface area (Å²) >= 11 is 0. The SMILES string of the molecule is CCCCCCC(=O)Nc1ccc(NCc2ccc(OC(F)(F)F)cc2)cc1N. The highest BCUT2D eigenvalue weighted by Crippen LogP contribution is 2.25. The van der Waals surface area contributed by atoms with Gasteiger partial charge in [0.2, 0.25) is 5.91 Å². The lowest BCUT2D eigenvalue weighted by molar-refractivity contribution is -0.274. The third-order valence-corrected chi connectivity index (χ3v) is 4.24. The lowest BCUT2D eigenvalue weighted by atomic mass is 10.1. The molecule has 0 fully saturated rings. The van der Waals surface area contributed by atoms with Gasteiger partial charge in [0.1, 0.15) is 5.75 Å². The zero-order valence-electron chi connectivity index (χ0n) is 16.3.